The minimum Gasteiger partial charge on any atom is -0.359 e. The van der Waals surface area contributed by atoms with E-state index in [-0.39, 0.29) is 17.0 Å². The van der Waals surface area contributed by atoms with Crippen LogP contribution in [0.1, 0.15) is 12.5 Å². The van der Waals surface area contributed by atoms with Gasteiger partial charge >= 0.3 is 6.18 Å². The van der Waals surface area contributed by atoms with Crippen molar-refractivity contribution < 1.29 is 17.6 Å². The number of hydrogen-bond acceptors (Lipinski definition) is 3. The van der Waals surface area contributed by atoms with Gasteiger partial charge in [-0.2, -0.15) is 13.2 Å². The lowest BCUT2D eigenvalue weighted by Gasteiger charge is -2.12. The van der Waals surface area contributed by atoms with Crippen LogP contribution in [0.2, 0.25) is 5.02 Å². The van der Waals surface area contributed by atoms with Crippen molar-refractivity contribution in [1.29, 1.82) is 0 Å². The number of halogens is 5. The van der Waals surface area contributed by atoms with Crippen molar-refractivity contribution in [2.75, 3.05) is 17.3 Å². The van der Waals surface area contributed by atoms with Crippen LogP contribution in [-0.4, -0.2) is 21.2 Å². The normalized spacial score (nSPS) is 12.1. The third-order valence-corrected chi connectivity index (χ3v) is 4.47. The Balaban J connectivity index is 1.86. The van der Waals surface area contributed by atoms with Crippen molar-refractivity contribution in [1.82, 2.24) is 14.6 Å². The van der Waals surface area contributed by atoms with Gasteiger partial charge in [-0.25, -0.2) is 14.1 Å². The number of anilines is 2. The van der Waals surface area contributed by atoms with E-state index in [4.69, 9.17) is 11.6 Å². The van der Waals surface area contributed by atoms with Crippen LogP contribution in [0.15, 0.2) is 36.5 Å². The summed E-state index contributed by atoms with van der Waals surface area (Å²) in [4.78, 5) is 7.23. The van der Waals surface area contributed by atoms with Crippen LogP contribution in [0.25, 0.3) is 21.9 Å². The van der Waals surface area contributed by atoms with Crippen LogP contribution < -0.4 is 10.7 Å². The van der Waals surface area contributed by atoms with Gasteiger partial charge in [0, 0.05) is 28.7 Å². The fourth-order valence-electron chi connectivity index (χ4n) is 3.04. The summed E-state index contributed by atoms with van der Waals surface area (Å²) in [5.41, 5.74) is 3.03. The Morgan fingerprint density at radius 3 is 2.71 bits per heavy atom. The van der Waals surface area contributed by atoms with Gasteiger partial charge in [0.15, 0.2) is 5.82 Å². The zero-order valence-electron chi connectivity index (χ0n) is 14.5. The zero-order valence-corrected chi connectivity index (χ0v) is 15.2. The molecule has 4 rings (SSSR count). The standard InChI is InChI=1S/C18H14ClF4N5/c1-2-25-28-16-12(20)5-9(18(21,22)23)6-14(16)26-17(28)27-15-8-24-13-4-3-10(19)7-11(13)15/h3-8,24-25H,2H2,1H3,(H,26,27). The van der Waals surface area contributed by atoms with Gasteiger partial charge in [-0.1, -0.05) is 11.6 Å². The Morgan fingerprint density at radius 1 is 1.21 bits per heavy atom. The van der Waals surface area contributed by atoms with Crippen molar-refractivity contribution >= 4 is 45.2 Å². The molecule has 5 nitrogen and oxygen atoms in total. The highest BCUT2D eigenvalue weighted by Crippen LogP contribution is 2.34. The minimum absolute atomic E-state index is 0.0739. The molecule has 2 heterocycles. The highest BCUT2D eigenvalue weighted by molar-refractivity contribution is 6.31. The van der Waals surface area contributed by atoms with Gasteiger partial charge in [0.1, 0.15) is 5.52 Å². The number of fused-ring (bicyclic) bond motifs is 2. The highest BCUT2D eigenvalue weighted by Gasteiger charge is 2.32. The molecule has 3 N–H and O–H groups in total. The van der Waals surface area contributed by atoms with Crippen molar-refractivity contribution in [3.8, 4) is 0 Å². The predicted molar refractivity (Wildman–Crippen MR) is 101 cm³/mol. The third-order valence-electron chi connectivity index (χ3n) is 4.24. The Kier molecular flexibility index (Phi) is 4.34. The Hall–Kier alpha value is -2.94. The molecular formula is C18H14ClF4N5. The fourth-order valence-corrected chi connectivity index (χ4v) is 3.21. The molecule has 10 heteroatoms. The van der Waals surface area contributed by atoms with Crippen LogP contribution in [0.3, 0.4) is 0 Å². The molecule has 2 aromatic carbocycles. The second-order valence-corrected chi connectivity index (χ2v) is 6.56. The minimum atomic E-state index is -4.67. The number of rotatable bonds is 4. The SMILES string of the molecule is CCNn1c(Nc2c[nH]c3ccc(Cl)cc23)nc2cc(C(F)(F)F)cc(F)c21. The number of H-pyrrole nitrogens is 1. The number of aromatic nitrogens is 3. The average Bonchev–Trinajstić information content (AvgIpc) is 3.17. The summed E-state index contributed by atoms with van der Waals surface area (Å²) >= 11 is 6.05. The molecule has 0 saturated heterocycles. The number of alkyl halides is 3. The van der Waals surface area contributed by atoms with Crippen molar-refractivity contribution in [2.45, 2.75) is 13.1 Å². The molecule has 0 atom stereocenters. The average molecular weight is 412 g/mol. The lowest BCUT2D eigenvalue weighted by molar-refractivity contribution is -0.137. The lowest BCUT2D eigenvalue weighted by Crippen LogP contribution is -2.17. The van der Waals surface area contributed by atoms with Gasteiger partial charge in [0.25, 0.3) is 0 Å². The topological polar surface area (TPSA) is 57.7 Å². The smallest absolute Gasteiger partial charge is 0.359 e. The summed E-state index contributed by atoms with van der Waals surface area (Å²) in [6.45, 7) is 2.18. The summed E-state index contributed by atoms with van der Waals surface area (Å²) in [5.74, 6) is -0.871. The number of nitrogens with one attached hydrogen (secondary N) is 3. The molecule has 0 saturated carbocycles. The molecule has 2 aromatic heterocycles. The molecule has 0 radical (unpaired) electrons. The van der Waals surface area contributed by atoms with E-state index in [1.807, 2.05) is 0 Å². The molecule has 4 aromatic rings. The van der Waals surface area contributed by atoms with Crippen LogP contribution in [0.4, 0.5) is 29.2 Å². The first-order chi connectivity index (χ1) is 13.3. The van der Waals surface area contributed by atoms with Crippen molar-refractivity contribution in [2.24, 2.45) is 0 Å². The predicted octanol–water partition coefficient (Wildman–Crippen LogP) is 5.64. The van der Waals surface area contributed by atoms with Gasteiger partial charge in [-0.05, 0) is 37.3 Å². The van der Waals surface area contributed by atoms with Crippen LogP contribution in [0, 0.1) is 5.82 Å². The molecule has 0 aliphatic heterocycles. The molecule has 0 aliphatic carbocycles. The molecular weight excluding hydrogens is 398 g/mol. The van der Waals surface area contributed by atoms with Gasteiger partial charge in [0.05, 0.1) is 16.8 Å². The van der Waals surface area contributed by atoms with E-state index < -0.39 is 17.6 Å². The first-order valence-electron chi connectivity index (χ1n) is 8.34. The summed E-state index contributed by atoms with van der Waals surface area (Å²) in [6, 6.07) is 6.55. The summed E-state index contributed by atoms with van der Waals surface area (Å²) in [6.07, 6.45) is -2.99. The molecule has 0 aliphatic rings. The Labute approximate surface area is 161 Å². The zero-order chi connectivity index (χ0) is 20.1. The summed E-state index contributed by atoms with van der Waals surface area (Å²) < 4.78 is 54.9. The second kappa shape index (κ2) is 6.59. The highest BCUT2D eigenvalue weighted by atomic mass is 35.5. The molecule has 28 heavy (non-hydrogen) atoms. The van der Waals surface area contributed by atoms with Crippen LogP contribution >= 0.6 is 11.6 Å². The Morgan fingerprint density at radius 2 is 2.00 bits per heavy atom. The van der Waals surface area contributed by atoms with E-state index in [2.05, 4.69) is 20.7 Å². The first-order valence-corrected chi connectivity index (χ1v) is 8.72. The van der Waals surface area contributed by atoms with Crippen molar-refractivity contribution in [3.05, 3.63) is 52.9 Å². The van der Waals surface area contributed by atoms with E-state index in [0.717, 1.165) is 17.0 Å². The molecule has 0 bridgehead atoms. The maximum absolute atomic E-state index is 14.5. The summed E-state index contributed by atoms with van der Waals surface area (Å²) in [5, 5.41) is 4.32. The maximum Gasteiger partial charge on any atom is 0.416 e. The van der Waals surface area contributed by atoms with E-state index in [0.29, 0.717) is 23.3 Å². The van der Waals surface area contributed by atoms with E-state index in [1.54, 1.807) is 31.3 Å². The van der Waals surface area contributed by atoms with Gasteiger partial charge in [-0.3, -0.25) is 0 Å². The van der Waals surface area contributed by atoms with Crippen LogP contribution in [0.5, 0.6) is 0 Å². The fraction of sp³-hybridized carbons (Fsp3) is 0.167. The maximum atomic E-state index is 14.5. The van der Waals surface area contributed by atoms with E-state index in [9.17, 15) is 17.6 Å². The lowest BCUT2D eigenvalue weighted by atomic mass is 10.2. The van der Waals surface area contributed by atoms with E-state index in [1.165, 1.54) is 4.68 Å². The number of imidazole rings is 1. The number of hydrogen-bond donors (Lipinski definition) is 3. The number of benzene rings is 2. The van der Waals surface area contributed by atoms with Crippen LogP contribution in [-0.2, 0) is 6.18 Å². The number of aromatic amines is 1. The monoisotopic (exact) mass is 411 g/mol. The summed E-state index contributed by atoms with van der Waals surface area (Å²) in [7, 11) is 0. The first kappa shape index (κ1) is 18.4. The molecule has 0 amide bonds. The van der Waals surface area contributed by atoms with Gasteiger partial charge in [0.2, 0.25) is 5.95 Å². The molecule has 0 unspecified atom stereocenters. The Bertz CT molecular complexity index is 1180. The van der Waals surface area contributed by atoms with Crippen molar-refractivity contribution in [3.63, 3.8) is 0 Å². The van der Waals surface area contributed by atoms with E-state index >= 15 is 0 Å². The number of nitrogens with zero attached hydrogens (tertiary/aromatic N) is 2. The van der Waals surface area contributed by atoms with Gasteiger partial charge < -0.3 is 15.7 Å². The largest absolute Gasteiger partial charge is 0.416 e. The molecule has 0 spiro atoms. The third kappa shape index (κ3) is 3.11. The molecule has 0 fully saturated rings. The van der Waals surface area contributed by atoms with Gasteiger partial charge in [-0.15, -0.1) is 0 Å². The quantitative estimate of drug-likeness (QED) is 0.381. The molecule has 146 valence electrons. The second-order valence-electron chi connectivity index (χ2n) is 6.12.